The van der Waals surface area contributed by atoms with Crippen LogP contribution in [0.4, 0.5) is 0 Å². The van der Waals surface area contributed by atoms with Crippen molar-refractivity contribution in [2.45, 2.75) is 80.7 Å². The Morgan fingerprint density at radius 2 is 1.42 bits per heavy atom. The van der Waals surface area contributed by atoms with Crippen molar-refractivity contribution in [1.82, 2.24) is 0 Å². The van der Waals surface area contributed by atoms with Crippen molar-refractivity contribution >= 4 is 17.3 Å². The number of Topliss-reactive ketones (excluding diaryl/α,β-unsaturated/α-hetero) is 3. The molecule has 0 aromatic heterocycles. The zero-order valence-corrected chi connectivity index (χ0v) is 25.9. The maximum Gasteiger partial charge on any atom is 0.256 e. The van der Waals surface area contributed by atoms with E-state index >= 15 is 0 Å². The minimum Gasteiger partial charge on any atom is -0.394 e. The van der Waals surface area contributed by atoms with Crippen molar-refractivity contribution in [1.29, 1.82) is 0 Å². The molecule has 2 aliphatic heterocycles. The molecule has 2 heterocycles. The van der Waals surface area contributed by atoms with Crippen LogP contribution in [0.25, 0.3) is 0 Å². The Morgan fingerprint density at radius 1 is 0.860 bits per heavy atom. The second kappa shape index (κ2) is 14.3. The molecule has 3 N–H and O–H groups in total. The first kappa shape index (κ1) is 37.0. The molecule has 2 aliphatic rings. The lowest BCUT2D eigenvalue weighted by molar-refractivity contribution is -0.414. The Bertz CT molecular complexity index is 1080. The van der Waals surface area contributed by atoms with Crippen LogP contribution in [0.2, 0.25) is 0 Å². The number of rotatable bonds is 16. The molecular weight excluding hydrogens is 572 g/mol. The molecule has 2 fully saturated rings. The molecule has 14 nitrogen and oxygen atoms in total. The third-order valence-electron chi connectivity index (χ3n) is 7.74. The van der Waals surface area contributed by atoms with Gasteiger partial charge < -0.3 is 53.2 Å². The van der Waals surface area contributed by atoms with E-state index in [1.165, 1.54) is 35.0 Å². The van der Waals surface area contributed by atoms with Crippen LogP contribution in [0.15, 0.2) is 36.5 Å². The van der Waals surface area contributed by atoms with Gasteiger partial charge in [0, 0.05) is 35.5 Å². The highest BCUT2D eigenvalue weighted by Gasteiger charge is 2.84. The lowest BCUT2D eigenvalue weighted by atomic mass is 9.68. The number of hydrogen-bond donors (Lipinski definition) is 3. The summed E-state index contributed by atoms with van der Waals surface area (Å²) in [7, 11) is 5.85. The van der Waals surface area contributed by atoms with Gasteiger partial charge in [0.25, 0.3) is 11.4 Å². The molecule has 0 aliphatic carbocycles. The van der Waals surface area contributed by atoms with Crippen LogP contribution in [0.1, 0.15) is 20.8 Å². The predicted molar refractivity (Wildman–Crippen MR) is 149 cm³/mol. The molecule has 0 amide bonds. The summed E-state index contributed by atoms with van der Waals surface area (Å²) in [6.07, 6.45) is -10.9. The van der Waals surface area contributed by atoms with Crippen LogP contribution >= 0.6 is 0 Å². The van der Waals surface area contributed by atoms with Crippen LogP contribution in [-0.2, 0) is 52.3 Å². The van der Waals surface area contributed by atoms with E-state index < -0.39 is 83.9 Å². The normalized spacial score (nSPS) is 34.5. The van der Waals surface area contributed by atoms with Gasteiger partial charge in [0.2, 0.25) is 17.2 Å². The van der Waals surface area contributed by atoms with Crippen molar-refractivity contribution in [3.8, 4) is 0 Å². The van der Waals surface area contributed by atoms with Crippen LogP contribution in [0.3, 0.4) is 0 Å². The smallest absolute Gasteiger partial charge is 0.256 e. The Hall–Kier alpha value is -2.21. The molecule has 0 spiro atoms. The van der Waals surface area contributed by atoms with Gasteiger partial charge >= 0.3 is 0 Å². The molecule has 244 valence electrons. The predicted octanol–water partition coefficient (Wildman–Crippen LogP) is -0.580. The van der Waals surface area contributed by atoms with E-state index in [0.717, 1.165) is 21.3 Å². The molecule has 0 bridgehead atoms. The van der Waals surface area contributed by atoms with Gasteiger partial charge in [-0.25, -0.2) is 0 Å². The highest BCUT2D eigenvalue weighted by Crippen LogP contribution is 2.55. The fourth-order valence-electron chi connectivity index (χ4n) is 5.78. The van der Waals surface area contributed by atoms with Gasteiger partial charge in [-0.1, -0.05) is 19.7 Å². The molecule has 0 aromatic rings. The maximum atomic E-state index is 14.4. The summed E-state index contributed by atoms with van der Waals surface area (Å²) in [6, 6.07) is 0. The van der Waals surface area contributed by atoms with E-state index in [1.807, 2.05) is 0 Å². The average molecular weight is 617 g/mol. The van der Waals surface area contributed by atoms with Gasteiger partial charge in [-0.05, 0) is 37.5 Å². The Kier molecular flexibility index (Phi) is 12.3. The number of aliphatic hydroxyl groups excluding tert-OH is 3. The second-order valence-electron chi connectivity index (χ2n) is 10.6. The Labute approximate surface area is 251 Å². The van der Waals surface area contributed by atoms with Gasteiger partial charge in [-0.3, -0.25) is 14.4 Å². The summed E-state index contributed by atoms with van der Waals surface area (Å²) in [5.74, 6) is -6.08. The van der Waals surface area contributed by atoms with E-state index in [0.29, 0.717) is 0 Å². The standard InChI is InChI=1S/C29H44O14/c1-14(2)22(33)27(39-10,23(34)15(3)4)29(43-26-21(37-8)20(32)19(31)17(12-30)41-26)28(40-11,24(35)16(5)6)25(38-9)18(42-29)13-36-7/h17-21,25-26,30-32H,1,3,5,12-13H2,2,4,6-11H3/t17-,18-,19-,20+,21-,25-,26-,28+,29+/m1/s1. The molecular formula is C29H44O14. The number of carbonyl (C=O) groups excluding carboxylic acids is 3. The van der Waals surface area contributed by atoms with E-state index in [1.54, 1.807) is 0 Å². The third-order valence-corrected chi connectivity index (χ3v) is 7.74. The first-order valence-corrected chi connectivity index (χ1v) is 13.3. The quantitative estimate of drug-likeness (QED) is 0.148. The molecule has 43 heavy (non-hydrogen) atoms. The maximum absolute atomic E-state index is 14.4. The van der Waals surface area contributed by atoms with Gasteiger partial charge in [0.05, 0.1) is 13.2 Å². The molecule has 2 saturated heterocycles. The van der Waals surface area contributed by atoms with Gasteiger partial charge in [0.1, 0.15) is 36.6 Å². The van der Waals surface area contributed by atoms with Gasteiger partial charge in [0.15, 0.2) is 12.1 Å². The highest BCUT2D eigenvalue weighted by molar-refractivity contribution is 6.23. The summed E-state index contributed by atoms with van der Waals surface area (Å²) >= 11 is 0. The van der Waals surface area contributed by atoms with E-state index in [9.17, 15) is 29.7 Å². The van der Waals surface area contributed by atoms with Crippen LogP contribution in [0, 0.1) is 0 Å². The zero-order chi connectivity index (χ0) is 33.1. The summed E-state index contributed by atoms with van der Waals surface area (Å²) in [6.45, 7) is 14.1. The minimum absolute atomic E-state index is 0.120. The third kappa shape index (κ3) is 5.59. The Balaban J connectivity index is 3.23. The van der Waals surface area contributed by atoms with Gasteiger partial charge in [-0.2, -0.15) is 0 Å². The van der Waals surface area contributed by atoms with Crippen molar-refractivity contribution in [2.24, 2.45) is 0 Å². The summed E-state index contributed by atoms with van der Waals surface area (Å²) < 4.78 is 46.9. The van der Waals surface area contributed by atoms with Gasteiger partial charge in [-0.15, -0.1) is 0 Å². The van der Waals surface area contributed by atoms with Crippen LogP contribution in [-0.4, -0.2) is 141 Å². The first-order chi connectivity index (χ1) is 20.1. The second-order valence-corrected chi connectivity index (χ2v) is 10.6. The first-order valence-electron chi connectivity index (χ1n) is 13.3. The summed E-state index contributed by atoms with van der Waals surface area (Å²) in [5, 5.41) is 31.3. The minimum atomic E-state index is -2.99. The van der Waals surface area contributed by atoms with E-state index in [-0.39, 0.29) is 23.3 Å². The lowest BCUT2D eigenvalue weighted by Crippen LogP contribution is -2.80. The monoisotopic (exact) mass is 616 g/mol. The van der Waals surface area contributed by atoms with Crippen molar-refractivity contribution in [3.05, 3.63) is 36.5 Å². The largest absolute Gasteiger partial charge is 0.394 e. The number of hydrogen-bond acceptors (Lipinski definition) is 14. The Morgan fingerprint density at radius 3 is 1.79 bits per heavy atom. The van der Waals surface area contributed by atoms with Crippen molar-refractivity contribution < 1.29 is 67.6 Å². The van der Waals surface area contributed by atoms with Crippen molar-refractivity contribution in [2.75, 3.05) is 48.8 Å². The summed E-state index contributed by atoms with van der Waals surface area (Å²) in [5.41, 5.74) is -6.07. The molecule has 0 saturated carbocycles. The van der Waals surface area contributed by atoms with E-state index in [2.05, 4.69) is 19.7 Å². The number of carbonyl (C=O) groups is 3. The number of ether oxygens (including phenoxy) is 8. The zero-order valence-electron chi connectivity index (χ0n) is 25.9. The van der Waals surface area contributed by atoms with Crippen LogP contribution in [0.5, 0.6) is 0 Å². The van der Waals surface area contributed by atoms with Crippen molar-refractivity contribution in [3.63, 3.8) is 0 Å². The fourth-order valence-corrected chi connectivity index (χ4v) is 5.78. The lowest BCUT2D eigenvalue weighted by Gasteiger charge is -2.54. The molecule has 0 radical (unpaired) electrons. The topological polar surface area (TPSA) is 186 Å². The number of ketones is 3. The SMILES string of the molecule is C=C(C)C(=O)C(OC)(C(=O)C(=C)C)[C@@]1(O[C@H]2O[C@H](CO)[C@@H](O)[C@H](O)[C@H]2OC)O[C@H](COC)[C@@H](OC)[C@@]1(OC)C(=O)C(=C)C. The average Bonchev–Trinajstić information content (AvgIpc) is 3.24. The molecule has 0 aromatic carbocycles. The molecule has 2 rings (SSSR count). The number of aliphatic hydroxyl groups is 3. The van der Waals surface area contributed by atoms with Crippen LogP contribution < -0.4 is 0 Å². The number of methoxy groups -OCH3 is 5. The fraction of sp³-hybridized carbons (Fsp3) is 0.690. The molecule has 14 heteroatoms. The molecule has 9 atom stereocenters. The summed E-state index contributed by atoms with van der Waals surface area (Å²) in [4.78, 5) is 43.0. The van der Waals surface area contributed by atoms with E-state index in [4.69, 9.17) is 37.9 Å². The molecule has 0 unspecified atom stereocenters. The highest BCUT2D eigenvalue weighted by atomic mass is 16.8.